The number of carbonyl (C=O) groups excluding carboxylic acids is 1. The predicted octanol–water partition coefficient (Wildman–Crippen LogP) is 4.63. The van der Waals surface area contributed by atoms with Gasteiger partial charge in [-0.15, -0.1) is 0 Å². The van der Waals surface area contributed by atoms with Gasteiger partial charge in [-0.25, -0.2) is 0 Å². The van der Waals surface area contributed by atoms with Crippen LogP contribution in [-0.2, 0) is 4.79 Å². The van der Waals surface area contributed by atoms with Gasteiger partial charge in [-0.1, -0.05) is 22.9 Å². The number of furan rings is 1. The number of ether oxygens (including phenoxy) is 1. The van der Waals surface area contributed by atoms with Gasteiger partial charge in [-0.05, 0) is 44.2 Å². The molecule has 7 nitrogen and oxygen atoms in total. The van der Waals surface area contributed by atoms with Gasteiger partial charge >= 0.3 is 0 Å². The highest BCUT2D eigenvalue weighted by atomic mass is 16.5. The monoisotopic (exact) mass is 403 g/mol. The Morgan fingerprint density at radius 3 is 2.70 bits per heavy atom. The van der Waals surface area contributed by atoms with Crippen molar-refractivity contribution in [2.75, 3.05) is 18.6 Å². The molecule has 0 bridgehead atoms. The lowest BCUT2D eigenvalue weighted by Gasteiger charge is -2.16. The van der Waals surface area contributed by atoms with Crippen molar-refractivity contribution in [3.05, 3.63) is 59.5 Å². The van der Waals surface area contributed by atoms with Gasteiger partial charge in [0.1, 0.15) is 11.3 Å². The minimum atomic E-state index is -0.148. The fraction of sp³-hybridized carbons (Fsp3) is 0.261. The van der Waals surface area contributed by atoms with E-state index in [1.165, 1.54) is 0 Å². The van der Waals surface area contributed by atoms with Crippen molar-refractivity contribution in [2.45, 2.75) is 26.2 Å². The second kappa shape index (κ2) is 7.02. The number of fused-ring (bicyclic) bond motifs is 1. The van der Waals surface area contributed by atoms with Crippen LogP contribution in [0.15, 0.2) is 51.4 Å². The number of carbonyl (C=O) groups is 1. The zero-order chi connectivity index (χ0) is 20.8. The number of aromatic nitrogens is 2. The average Bonchev–Trinajstić information content (AvgIpc) is 3.46. The number of rotatable bonds is 4. The Morgan fingerprint density at radius 1 is 1.13 bits per heavy atom. The van der Waals surface area contributed by atoms with Gasteiger partial charge in [-0.2, -0.15) is 4.98 Å². The van der Waals surface area contributed by atoms with E-state index in [-0.39, 0.29) is 11.8 Å². The second-order valence-corrected chi connectivity index (χ2v) is 7.62. The van der Waals surface area contributed by atoms with Crippen LogP contribution >= 0.6 is 0 Å². The van der Waals surface area contributed by atoms with Gasteiger partial charge in [0.25, 0.3) is 0 Å². The van der Waals surface area contributed by atoms with Crippen LogP contribution in [-0.4, -0.2) is 29.7 Å². The summed E-state index contributed by atoms with van der Waals surface area (Å²) in [4.78, 5) is 18.9. The Labute approximate surface area is 173 Å². The van der Waals surface area contributed by atoms with Crippen LogP contribution in [0.5, 0.6) is 5.75 Å². The molecule has 2 aromatic carbocycles. The minimum absolute atomic E-state index is 0.0515. The first-order chi connectivity index (χ1) is 14.5. The Bertz CT molecular complexity index is 1240. The smallest absolute Gasteiger partial charge is 0.238 e. The quantitative estimate of drug-likeness (QED) is 0.494. The van der Waals surface area contributed by atoms with Crippen molar-refractivity contribution in [3.8, 4) is 17.3 Å². The zero-order valence-corrected chi connectivity index (χ0v) is 17.0. The summed E-state index contributed by atoms with van der Waals surface area (Å²) in [7, 11) is 1.63. The van der Waals surface area contributed by atoms with Gasteiger partial charge in [0.2, 0.25) is 17.6 Å². The molecule has 0 aliphatic carbocycles. The maximum absolute atomic E-state index is 12.6. The SMILES string of the molecule is COc1ccc2oc(-c3noc([C@H]4CC(=O)N(c5ccc(C)cc5)C4)n3)c(C)c2c1. The topological polar surface area (TPSA) is 81.6 Å². The molecular formula is C23H21N3O4. The van der Waals surface area contributed by atoms with Crippen molar-refractivity contribution >= 4 is 22.6 Å². The number of amides is 1. The molecule has 1 aliphatic rings. The standard InChI is InChI=1S/C23H21N3O4/c1-13-4-6-16(7-5-13)26-12-15(10-20(26)27)23-24-22(25-30-23)21-14(2)18-11-17(28-3)8-9-19(18)29-21/h4-9,11,15H,10,12H2,1-3H3/t15-/m0/s1. The molecule has 3 heterocycles. The minimum Gasteiger partial charge on any atom is -0.497 e. The third kappa shape index (κ3) is 3.03. The Balaban J connectivity index is 1.42. The Kier molecular flexibility index (Phi) is 4.31. The first-order valence-electron chi connectivity index (χ1n) is 9.81. The van der Waals surface area contributed by atoms with Gasteiger partial charge in [0.15, 0.2) is 5.76 Å². The highest BCUT2D eigenvalue weighted by Gasteiger charge is 2.35. The van der Waals surface area contributed by atoms with E-state index >= 15 is 0 Å². The lowest BCUT2D eigenvalue weighted by Crippen LogP contribution is -2.24. The van der Waals surface area contributed by atoms with Crippen LogP contribution in [0.1, 0.15) is 29.4 Å². The summed E-state index contributed by atoms with van der Waals surface area (Å²) in [5, 5.41) is 5.07. The molecule has 152 valence electrons. The normalized spacial score (nSPS) is 16.6. The van der Waals surface area contributed by atoms with E-state index in [1.807, 2.05) is 56.3 Å². The molecule has 1 atom stereocenters. The summed E-state index contributed by atoms with van der Waals surface area (Å²) in [5.41, 5.74) is 3.69. The van der Waals surface area contributed by atoms with Crippen molar-refractivity contribution in [1.82, 2.24) is 10.1 Å². The van der Waals surface area contributed by atoms with Crippen molar-refractivity contribution in [2.24, 2.45) is 0 Å². The number of aryl methyl sites for hydroxylation is 2. The molecule has 2 aromatic heterocycles. The van der Waals surface area contributed by atoms with Crippen LogP contribution in [0.3, 0.4) is 0 Å². The molecule has 1 aliphatic heterocycles. The fourth-order valence-electron chi connectivity index (χ4n) is 3.88. The van der Waals surface area contributed by atoms with E-state index in [0.717, 1.165) is 33.5 Å². The summed E-state index contributed by atoms with van der Waals surface area (Å²) in [5.74, 6) is 2.06. The van der Waals surface area contributed by atoms with Crippen LogP contribution in [0.25, 0.3) is 22.6 Å². The van der Waals surface area contributed by atoms with Crippen molar-refractivity contribution < 1.29 is 18.5 Å². The zero-order valence-electron chi connectivity index (χ0n) is 17.0. The number of benzene rings is 2. The van der Waals surface area contributed by atoms with Crippen LogP contribution in [0.2, 0.25) is 0 Å². The lowest BCUT2D eigenvalue weighted by atomic mass is 10.1. The number of methoxy groups -OCH3 is 1. The average molecular weight is 403 g/mol. The fourth-order valence-corrected chi connectivity index (χ4v) is 3.88. The number of nitrogens with zero attached hydrogens (tertiary/aromatic N) is 3. The van der Waals surface area contributed by atoms with E-state index in [4.69, 9.17) is 13.7 Å². The number of anilines is 1. The predicted molar refractivity (Wildman–Crippen MR) is 112 cm³/mol. The molecule has 0 radical (unpaired) electrons. The maximum atomic E-state index is 12.6. The highest BCUT2D eigenvalue weighted by molar-refractivity contribution is 5.96. The molecule has 30 heavy (non-hydrogen) atoms. The molecule has 4 aromatic rings. The maximum Gasteiger partial charge on any atom is 0.238 e. The second-order valence-electron chi connectivity index (χ2n) is 7.62. The van der Waals surface area contributed by atoms with Crippen LogP contribution < -0.4 is 9.64 Å². The molecule has 1 fully saturated rings. The van der Waals surface area contributed by atoms with E-state index in [1.54, 1.807) is 12.0 Å². The molecule has 1 amide bonds. The lowest BCUT2D eigenvalue weighted by molar-refractivity contribution is -0.117. The largest absolute Gasteiger partial charge is 0.497 e. The third-order valence-corrected chi connectivity index (χ3v) is 5.61. The van der Waals surface area contributed by atoms with Gasteiger partial charge in [0.05, 0.1) is 13.0 Å². The molecule has 0 N–H and O–H groups in total. The Morgan fingerprint density at radius 2 is 1.93 bits per heavy atom. The highest BCUT2D eigenvalue weighted by Crippen LogP contribution is 2.36. The summed E-state index contributed by atoms with van der Waals surface area (Å²) in [6.07, 6.45) is 0.339. The Hall–Kier alpha value is -3.61. The van der Waals surface area contributed by atoms with E-state index in [2.05, 4.69) is 10.1 Å². The van der Waals surface area contributed by atoms with Crippen LogP contribution in [0.4, 0.5) is 5.69 Å². The molecule has 0 spiro atoms. The number of hydrogen-bond acceptors (Lipinski definition) is 6. The molecule has 7 heteroatoms. The van der Waals surface area contributed by atoms with E-state index in [0.29, 0.717) is 30.4 Å². The molecule has 1 saturated heterocycles. The molecule has 0 saturated carbocycles. The molecule has 0 unspecified atom stereocenters. The summed E-state index contributed by atoms with van der Waals surface area (Å²) in [6.45, 7) is 4.49. The van der Waals surface area contributed by atoms with Gasteiger partial charge < -0.3 is 18.6 Å². The first-order valence-corrected chi connectivity index (χ1v) is 9.81. The summed E-state index contributed by atoms with van der Waals surface area (Å²) < 4.78 is 16.8. The van der Waals surface area contributed by atoms with Gasteiger partial charge in [-0.3, -0.25) is 4.79 Å². The van der Waals surface area contributed by atoms with Crippen molar-refractivity contribution in [3.63, 3.8) is 0 Å². The van der Waals surface area contributed by atoms with E-state index in [9.17, 15) is 4.79 Å². The molecule has 5 rings (SSSR count). The van der Waals surface area contributed by atoms with Gasteiger partial charge in [0, 0.05) is 29.6 Å². The van der Waals surface area contributed by atoms with E-state index < -0.39 is 0 Å². The summed E-state index contributed by atoms with van der Waals surface area (Å²) in [6, 6.07) is 13.6. The third-order valence-electron chi connectivity index (χ3n) is 5.61. The molecular weight excluding hydrogens is 382 g/mol. The van der Waals surface area contributed by atoms with Crippen LogP contribution in [0, 0.1) is 13.8 Å². The van der Waals surface area contributed by atoms with Crippen molar-refractivity contribution in [1.29, 1.82) is 0 Å². The first kappa shape index (κ1) is 18.4. The number of hydrogen-bond donors (Lipinski definition) is 0. The summed E-state index contributed by atoms with van der Waals surface area (Å²) >= 11 is 0.